The van der Waals surface area contributed by atoms with Crippen molar-refractivity contribution in [1.82, 2.24) is 0 Å². The van der Waals surface area contributed by atoms with Gasteiger partial charge in [0, 0.05) is 12.2 Å². The standard InChI is InChI=1S/C35H28O10/c1-3-32(36)42-22-40-28-17-9-26(10-18-28)34(38)44-30-13-5-24(6-14-30)21-25-7-15-31(16-8-25)45-35(39)27-11-19-29(20-12-27)41-23-43-33(37)4-2/h3-20H,1-2,21-23H2. The highest BCUT2D eigenvalue weighted by atomic mass is 16.7. The molecule has 0 bridgehead atoms. The van der Waals surface area contributed by atoms with Crippen molar-refractivity contribution in [2.24, 2.45) is 0 Å². The Kier molecular flexibility index (Phi) is 11.2. The molecule has 45 heavy (non-hydrogen) atoms. The summed E-state index contributed by atoms with van der Waals surface area (Å²) in [6, 6.07) is 26.7. The summed E-state index contributed by atoms with van der Waals surface area (Å²) >= 11 is 0. The molecular weight excluding hydrogens is 580 g/mol. The van der Waals surface area contributed by atoms with E-state index in [1.165, 1.54) is 0 Å². The molecule has 4 aromatic carbocycles. The van der Waals surface area contributed by atoms with E-state index in [-0.39, 0.29) is 13.6 Å². The lowest BCUT2D eigenvalue weighted by atomic mass is 10.0. The first-order valence-corrected chi connectivity index (χ1v) is 13.5. The third kappa shape index (κ3) is 9.97. The van der Waals surface area contributed by atoms with Gasteiger partial charge in [-0.15, -0.1) is 0 Å². The fourth-order valence-electron chi connectivity index (χ4n) is 3.72. The monoisotopic (exact) mass is 608 g/mol. The number of hydrogen-bond donors (Lipinski definition) is 0. The maximum atomic E-state index is 12.5. The van der Waals surface area contributed by atoms with Crippen LogP contribution in [0.1, 0.15) is 31.8 Å². The van der Waals surface area contributed by atoms with Crippen molar-refractivity contribution in [2.75, 3.05) is 13.6 Å². The van der Waals surface area contributed by atoms with Gasteiger partial charge < -0.3 is 28.4 Å². The van der Waals surface area contributed by atoms with Gasteiger partial charge >= 0.3 is 23.9 Å². The van der Waals surface area contributed by atoms with E-state index in [9.17, 15) is 19.2 Å². The Morgan fingerprint density at radius 3 is 1.16 bits per heavy atom. The highest BCUT2D eigenvalue weighted by Gasteiger charge is 2.11. The van der Waals surface area contributed by atoms with Crippen LogP contribution in [0.4, 0.5) is 0 Å². The van der Waals surface area contributed by atoms with E-state index >= 15 is 0 Å². The third-order valence-electron chi connectivity index (χ3n) is 6.04. The molecule has 0 spiro atoms. The zero-order chi connectivity index (χ0) is 32.0. The number of carbonyl (C=O) groups is 4. The summed E-state index contributed by atoms with van der Waals surface area (Å²) in [5, 5.41) is 0. The Morgan fingerprint density at radius 1 is 0.489 bits per heavy atom. The second-order valence-electron chi connectivity index (χ2n) is 9.15. The lowest BCUT2D eigenvalue weighted by Gasteiger charge is -2.09. The van der Waals surface area contributed by atoms with Crippen molar-refractivity contribution >= 4 is 23.9 Å². The molecule has 0 saturated heterocycles. The average molecular weight is 609 g/mol. The second-order valence-corrected chi connectivity index (χ2v) is 9.15. The zero-order valence-corrected chi connectivity index (χ0v) is 24.0. The van der Waals surface area contributed by atoms with Crippen LogP contribution in [-0.4, -0.2) is 37.5 Å². The molecule has 228 valence electrons. The Labute approximate surface area is 259 Å². The average Bonchev–Trinajstić information content (AvgIpc) is 3.07. The Balaban J connectivity index is 1.23. The van der Waals surface area contributed by atoms with Crippen molar-refractivity contribution in [3.05, 3.63) is 145 Å². The van der Waals surface area contributed by atoms with Crippen LogP contribution in [0.2, 0.25) is 0 Å². The van der Waals surface area contributed by atoms with Crippen LogP contribution in [0.25, 0.3) is 0 Å². The number of benzene rings is 4. The Hall–Kier alpha value is -6.16. The summed E-state index contributed by atoms with van der Waals surface area (Å²) < 4.78 is 31.0. The van der Waals surface area contributed by atoms with Gasteiger partial charge in [-0.2, -0.15) is 0 Å². The van der Waals surface area contributed by atoms with Crippen LogP contribution in [-0.2, 0) is 25.5 Å². The Bertz CT molecular complexity index is 1510. The van der Waals surface area contributed by atoms with Crippen LogP contribution in [0, 0.1) is 0 Å². The van der Waals surface area contributed by atoms with Crippen molar-refractivity contribution in [3.8, 4) is 23.0 Å². The molecular formula is C35H28O10. The number of esters is 4. The smallest absolute Gasteiger partial charge is 0.343 e. The maximum absolute atomic E-state index is 12.5. The van der Waals surface area contributed by atoms with Crippen LogP contribution in [0.3, 0.4) is 0 Å². The van der Waals surface area contributed by atoms with E-state index in [0.29, 0.717) is 40.5 Å². The minimum atomic E-state index is -0.599. The SMILES string of the molecule is C=CC(=O)OCOc1ccc(C(=O)Oc2ccc(Cc3ccc(OC(=O)c4ccc(OCOC(=O)C=C)cc4)cc3)cc2)cc1. The highest BCUT2D eigenvalue weighted by Crippen LogP contribution is 2.21. The predicted octanol–water partition coefficient (Wildman–Crippen LogP) is 5.85. The molecule has 10 heteroatoms. The van der Waals surface area contributed by atoms with Crippen molar-refractivity contribution in [1.29, 1.82) is 0 Å². The van der Waals surface area contributed by atoms with E-state index in [1.54, 1.807) is 72.8 Å². The van der Waals surface area contributed by atoms with Gasteiger partial charge in [0.2, 0.25) is 13.6 Å². The van der Waals surface area contributed by atoms with Crippen LogP contribution in [0.15, 0.2) is 122 Å². The molecule has 0 atom stereocenters. The number of carbonyl (C=O) groups excluding carboxylic acids is 4. The van der Waals surface area contributed by atoms with E-state index < -0.39 is 23.9 Å². The molecule has 0 N–H and O–H groups in total. The summed E-state index contributed by atoms with van der Waals surface area (Å²) in [4.78, 5) is 47.2. The molecule has 0 amide bonds. The van der Waals surface area contributed by atoms with Gasteiger partial charge in [0.1, 0.15) is 23.0 Å². The van der Waals surface area contributed by atoms with Gasteiger partial charge in [-0.05, 0) is 90.3 Å². The summed E-state index contributed by atoms with van der Waals surface area (Å²) in [6.45, 7) is 6.05. The van der Waals surface area contributed by atoms with Gasteiger partial charge in [-0.25, -0.2) is 19.2 Å². The molecule has 0 unspecified atom stereocenters. The molecule has 0 aromatic heterocycles. The lowest BCUT2D eigenvalue weighted by molar-refractivity contribution is -0.145. The fourth-order valence-corrected chi connectivity index (χ4v) is 3.72. The van der Waals surface area contributed by atoms with E-state index in [1.807, 2.05) is 24.3 Å². The molecule has 0 saturated carbocycles. The van der Waals surface area contributed by atoms with E-state index in [0.717, 1.165) is 23.3 Å². The molecule has 4 aromatic rings. The molecule has 0 aliphatic carbocycles. The lowest BCUT2D eigenvalue weighted by Crippen LogP contribution is -2.09. The normalized spacial score (nSPS) is 10.1. The summed E-state index contributed by atoms with van der Waals surface area (Å²) in [5.74, 6) is -0.653. The number of hydrogen-bond acceptors (Lipinski definition) is 10. The van der Waals surface area contributed by atoms with Crippen LogP contribution in [0.5, 0.6) is 23.0 Å². The first-order chi connectivity index (χ1) is 21.8. The van der Waals surface area contributed by atoms with Gasteiger partial charge in [-0.1, -0.05) is 37.4 Å². The molecule has 0 radical (unpaired) electrons. The molecule has 0 heterocycles. The van der Waals surface area contributed by atoms with Crippen molar-refractivity contribution in [3.63, 3.8) is 0 Å². The number of rotatable bonds is 14. The van der Waals surface area contributed by atoms with Gasteiger partial charge in [0.05, 0.1) is 11.1 Å². The molecule has 0 aliphatic heterocycles. The Morgan fingerprint density at radius 2 is 0.822 bits per heavy atom. The highest BCUT2D eigenvalue weighted by molar-refractivity contribution is 5.91. The fraction of sp³-hybridized carbons (Fsp3) is 0.0857. The molecule has 0 aliphatic rings. The summed E-state index contributed by atoms with van der Waals surface area (Å²) in [5.41, 5.74) is 2.62. The summed E-state index contributed by atoms with van der Waals surface area (Å²) in [7, 11) is 0. The minimum Gasteiger partial charge on any atom is -0.457 e. The van der Waals surface area contributed by atoms with Gasteiger partial charge in [0.25, 0.3) is 0 Å². The van der Waals surface area contributed by atoms with Crippen molar-refractivity contribution < 1.29 is 47.6 Å². The first kappa shape index (κ1) is 31.8. The second kappa shape index (κ2) is 15.9. The quantitative estimate of drug-likeness (QED) is 0.0746. The topological polar surface area (TPSA) is 124 Å². The van der Waals surface area contributed by atoms with E-state index in [2.05, 4.69) is 13.2 Å². The minimum absolute atomic E-state index is 0.273. The largest absolute Gasteiger partial charge is 0.457 e. The van der Waals surface area contributed by atoms with Crippen LogP contribution < -0.4 is 18.9 Å². The van der Waals surface area contributed by atoms with Gasteiger partial charge in [0.15, 0.2) is 0 Å². The maximum Gasteiger partial charge on any atom is 0.343 e. The predicted molar refractivity (Wildman–Crippen MR) is 162 cm³/mol. The van der Waals surface area contributed by atoms with E-state index in [4.69, 9.17) is 28.4 Å². The zero-order valence-electron chi connectivity index (χ0n) is 24.0. The molecule has 0 fully saturated rings. The van der Waals surface area contributed by atoms with Crippen molar-refractivity contribution in [2.45, 2.75) is 6.42 Å². The molecule has 4 rings (SSSR count). The van der Waals surface area contributed by atoms with Gasteiger partial charge in [-0.3, -0.25) is 0 Å². The summed E-state index contributed by atoms with van der Waals surface area (Å²) in [6.07, 6.45) is 2.67. The third-order valence-corrected chi connectivity index (χ3v) is 6.04. The first-order valence-electron chi connectivity index (χ1n) is 13.5. The molecule has 10 nitrogen and oxygen atoms in total. The van der Waals surface area contributed by atoms with Crippen LogP contribution >= 0.6 is 0 Å². The number of ether oxygens (including phenoxy) is 6.